The minimum absolute atomic E-state index is 0.248. The number of aryl methyl sites for hydroxylation is 1. The number of unbranched alkanes of at least 4 members (excludes halogenated alkanes) is 1. The van der Waals surface area contributed by atoms with Crippen LogP contribution in [0.5, 0.6) is 5.75 Å². The van der Waals surface area contributed by atoms with Gasteiger partial charge >= 0.3 is 0 Å². The summed E-state index contributed by atoms with van der Waals surface area (Å²) >= 11 is 7.89. The average molecular weight is 664 g/mol. The van der Waals surface area contributed by atoms with Crippen LogP contribution in [-0.2, 0) is 26.8 Å². The molecule has 0 fully saturated rings. The summed E-state index contributed by atoms with van der Waals surface area (Å²) in [6.07, 6.45) is 5.71. The van der Waals surface area contributed by atoms with Gasteiger partial charge in [0, 0.05) is 30.1 Å². The van der Waals surface area contributed by atoms with Gasteiger partial charge in [0.25, 0.3) is 25.2 Å². The number of halogens is 1. The van der Waals surface area contributed by atoms with Crippen LogP contribution in [0.25, 0.3) is 27.1 Å². The first-order valence-electron chi connectivity index (χ1n) is 13.8. The molecule has 0 unspecified atom stereocenters. The smallest absolute Gasteiger partial charge is 0.265 e. The van der Waals surface area contributed by atoms with Crippen molar-refractivity contribution in [2.75, 3.05) is 23.0 Å². The number of fused-ring (bicyclic) bond motifs is 4. The third kappa shape index (κ3) is 7.75. The standard InChI is InChI=1S/C30H31ClN2O7S3/c1-2-21(18-28-32(14-5-6-16-42(34,35)36)25-20-23(31)11-12-26(25)40-28)19-29-33(15-7-17-43(37,38)39)30-24-9-4-3-8-22(24)10-13-27(30)41-29/h3-4,8-13,18-20H,2,5-7,14-17H2,1H3,(H-,34,35,36,37,38,39)/p+1. The van der Waals surface area contributed by atoms with Crippen LogP contribution in [0, 0.1) is 0 Å². The Morgan fingerprint density at radius 3 is 2.49 bits per heavy atom. The molecule has 1 aliphatic heterocycles. The van der Waals surface area contributed by atoms with Crippen molar-refractivity contribution in [1.29, 1.82) is 0 Å². The molecule has 9 nitrogen and oxygen atoms in total. The predicted octanol–water partition coefficient (Wildman–Crippen LogP) is 6.48. The van der Waals surface area contributed by atoms with Gasteiger partial charge in [-0.25, -0.2) is 0 Å². The molecule has 0 atom stereocenters. The van der Waals surface area contributed by atoms with Crippen molar-refractivity contribution in [3.05, 3.63) is 82.2 Å². The van der Waals surface area contributed by atoms with E-state index >= 15 is 0 Å². The summed E-state index contributed by atoms with van der Waals surface area (Å²) in [5.41, 5.74) is 2.73. The highest BCUT2D eigenvalue weighted by Gasteiger charge is 2.27. The molecule has 0 spiro atoms. The van der Waals surface area contributed by atoms with Gasteiger partial charge in [-0.05, 0) is 60.6 Å². The molecule has 1 aromatic heterocycles. The number of nitrogens with zero attached hydrogens (tertiary/aromatic N) is 2. The van der Waals surface area contributed by atoms with E-state index in [2.05, 4.69) is 28.8 Å². The number of allylic oxidation sites excluding steroid dienone is 2. The highest BCUT2D eigenvalue weighted by molar-refractivity contribution is 7.86. The first-order valence-corrected chi connectivity index (χ1v) is 18.2. The normalized spacial score (nSPS) is 15.0. The van der Waals surface area contributed by atoms with E-state index in [9.17, 15) is 21.4 Å². The molecule has 228 valence electrons. The lowest BCUT2D eigenvalue weighted by Gasteiger charge is -2.18. The van der Waals surface area contributed by atoms with Crippen LogP contribution < -0.4 is 14.2 Å². The molecule has 2 heterocycles. The van der Waals surface area contributed by atoms with E-state index < -0.39 is 20.2 Å². The number of aromatic nitrogens is 1. The number of hydrogen-bond acceptors (Lipinski definition) is 7. The van der Waals surface area contributed by atoms with Gasteiger partial charge in [0.1, 0.15) is 4.70 Å². The fraction of sp³-hybridized carbons (Fsp3) is 0.300. The third-order valence-corrected chi connectivity index (χ3v) is 10.1. The minimum atomic E-state index is -4.10. The largest absolute Gasteiger partial charge is 0.439 e. The van der Waals surface area contributed by atoms with E-state index in [-0.39, 0.29) is 24.3 Å². The Balaban J connectivity index is 1.53. The fourth-order valence-corrected chi connectivity index (χ4v) is 7.55. The van der Waals surface area contributed by atoms with Crippen LogP contribution in [-0.4, -0.2) is 44.0 Å². The van der Waals surface area contributed by atoms with Gasteiger partial charge in [-0.3, -0.25) is 9.11 Å². The quantitative estimate of drug-likeness (QED) is 0.100. The fourth-order valence-electron chi connectivity index (χ4n) is 5.14. The van der Waals surface area contributed by atoms with Crippen LogP contribution >= 0.6 is 22.9 Å². The number of rotatable bonds is 12. The van der Waals surface area contributed by atoms with Gasteiger partial charge in [0.15, 0.2) is 12.3 Å². The van der Waals surface area contributed by atoms with E-state index in [4.69, 9.17) is 20.9 Å². The first-order chi connectivity index (χ1) is 20.4. The lowest BCUT2D eigenvalue weighted by atomic mass is 10.1. The second-order valence-corrected chi connectivity index (χ2v) is 14.9. The molecule has 43 heavy (non-hydrogen) atoms. The molecule has 5 rings (SSSR count). The van der Waals surface area contributed by atoms with E-state index in [0.717, 1.165) is 37.3 Å². The zero-order chi connectivity index (χ0) is 30.8. The maximum absolute atomic E-state index is 11.5. The van der Waals surface area contributed by atoms with E-state index in [1.54, 1.807) is 29.5 Å². The van der Waals surface area contributed by atoms with Gasteiger partial charge in [0.2, 0.25) is 11.4 Å². The van der Waals surface area contributed by atoms with Gasteiger partial charge in [-0.15, -0.1) is 0 Å². The molecule has 0 amide bonds. The maximum Gasteiger partial charge on any atom is 0.265 e. The third-order valence-electron chi connectivity index (χ3n) is 7.15. The molecule has 0 saturated carbocycles. The van der Waals surface area contributed by atoms with Gasteiger partial charge < -0.3 is 9.64 Å². The second-order valence-electron chi connectivity index (χ2n) is 10.3. The van der Waals surface area contributed by atoms with Crippen LogP contribution in [0.2, 0.25) is 5.02 Å². The highest BCUT2D eigenvalue weighted by Crippen LogP contribution is 2.41. The van der Waals surface area contributed by atoms with Crippen LogP contribution in [0.1, 0.15) is 37.6 Å². The number of anilines is 1. The zero-order valence-corrected chi connectivity index (χ0v) is 26.6. The summed E-state index contributed by atoms with van der Waals surface area (Å²) in [5, 5.41) is 3.60. The van der Waals surface area contributed by atoms with Crippen molar-refractivity contribution in [3.8, 4) is 5.75 Å². The van der Waals surface area contributed by atoms with E-state index in [1.807, 2.05) is 36.1 Å². The molecule has 13 heteroatoms. The molecule has 0 aliphatic carbocycles. The Morgan fingerprint density at radius 2 is 1.74 bits per heavy atom. The SMILES string of the molecule is CCC(=Cc1sc2ccc3ccccc3c2[n+]1CCCS(=O)(=O)O)C=C1Oc2ccc(Cl)cc2N1CCCCS(=O)(=O)O. The van der Waals surface area contributed by atoms with Crippen LogP contribution in [0.3, 0.4) is 0 Å². The molecule has 4 aromatic rings. The molecular formula is C30H32ClN2O7S3+. The monoisotopic (exact) mass is 663 g/mol. The first kappa shape index (κ1) is 31.4. The Labute approximate surface area is 260 Å². The lowest BCUT2D eigenvalue weighted by molar-refractivity contribution is -0.667. The molecule has 0 bridgehead atoms. The Bertz CT molecular complexity index is 1950. The van der Waals surface area contributed by atoms with E-state index in [1.165, 1.54) is 0 Å². The van der Waals surface area contributed by atoms with Crippen LogP contribution in [0.4, 0.5) is 5.69 Å². The lowest BCUT2D eigenvalue weighted by Crippen LogP contribution is -2.36. The summed E-state index contributed by atoms with van der Waals surface area (Å²) in [4.78, 5) is 1.95. The van der Waals surface area contributed by atoms with E-state index in [0.29, 0.717) is 42.6 Å². The summed E-state index contributed by atoms with van der Waals surface area (Å²) in [7, 11) is -8.14. The minimum Gasteiger partial charge on any atom is -0.439 e. The molecular weight excluding hydrogens is 632 g/mol. The van der Waals surface area contributed by atoms with Crippen molar-refractivity contribution >= 4 is 75.9 Å². The number of thiazole rings is 1. The topological polar surface area (TPSA) is 125 Å². The Kier molecular flexibility index (Phi) is 9.45. The van der Waals surface area contributed by atoms with Crippen molar-refractivity contribution in [2.24, 2.45) is 0 Å². The Hall–Kier alpha value is -3.00. The summed E-state index contributed by atoms with van der Waals surface area (Å²) in [6, 6.07) is 17.5. The summed E-state index contributed by atoms with van der Waals surface area (Å²) in [5.74, 6) is 0.551. The second kappa shape index (κ2) is 12.9. The van der Waals surface area contributed by atoms with Crippen molar-refractivity contribution in [3.63, 3.8) is 0 Å². The predicted molar refractivity (Wildman–Crippen MR) is 172 cm³/mol. The zero-order valence-electron chi connectivity index (χ0n) is 23.4. The van der Waals surface area contributed by atoms with Crippen LogP contribution in [0.15, 0.2) is 72.1 Å². The molecule has 0 radical (unpaired) electrons. The highest BCUT2D eigenvalue weighted by atomic mass is 35.5. The molecule has 1 aliphatic rings. The molecule has 2 N–H and O–H groups in total. The average Bonchev–Trinajstić information content (AvgIpc) is 3.46. The van der Waals surface area contributed by atoms with Gasteiger partial charge in [0.05, 0.1) is 22.6 Å². The molecule has 0 saturated heterocycles. The summed E-state index contributed by atoms with van der Waals surface area (Å²) in [6.45, 7) is 2.88. The summed E-state index contributed by atoms with van der Waals surface area (Å²) < 4.78 is 73.3. The Morgan fingerprint density at radius 1 is 1.00 bits per heavy atom. The number of benzene rings is 3. The van der Waals surface area contributed by atoms with Crippen molar-refractivity contribution in [2.45, 2.75) is 39.2 Å². The number of ether oxygens (including phenoxy) is 1. The van der Waals surface area contributed by atoms with Crippen molar-refractivity contribution in [1.82, 2.24) is 0 Å². The maximum atomic E-state index is 11.5. The molecule has 3 aromatic carbocycles. The van der Waals surface area contributed by atoms with Gasteiger partial charge in [-0.1, -0.05) is 54.1 Å². The van der Waals surface area contributed by atoms with Gasteiger partial charge in [-0.2, -0.15) is 21.4 Å². The van der Waals surface area contributed by atoms with Crippen molar-refractivity contribution < 1.29 is 35.2 Å². The number of hydrogen-bond donors (Lipinski definition) is 2.